The lowest BCUT2D eigenvalue weighted by atomic mass is 10.1. The smallest absolute Gasteiger partial charge is 0.256 e. The molecule has 5 rings (SSSR count). The minimum absolute atomic E-state index is 0.245. The van der Waals surface area contributed by atoms with Gasteiger partial charge in [-0.1, -0.05) is 53.5 Å². The Hall–Kier alpha value is -3.60. The van der Waals surface area contributed by atoms with Gasteiger partial charge in [0.25, 0.3) is 5.91 Å². The van der Waals surface area contributed by atoms with Gasteiger partial charge in [0, 0.05) is 21.7 Å². The highest BCUT2D eigenvalue weighted by Gasteiger charge is 2.17. The van der Waals surface area contributed by atoms with E-state index >= 15 is 0 Å². The molecule has 0 saturated heterocycles. The molecule has 4 nitrogen and oxygen atoms in total. The van der Waals surface area contributed by atoms with Crippen LogP contribution in [0.25, 0.3) is 33.7 Å². The van der Waals surface area contributed by atoms with Gasteiger partial charge < -0.3 is 9.73 Å². The third-order valence-electron chi connectivity index (χ3n) is 5.06. The molecule has 1 N–H and O–H groups in total. The van der Waals surface area contributed by atoms with Gasteiger partial charge in [0.15, 0.2) is 5.76 Å². The topological polar surface area (TPSA) is 55.1 Å². The van der Waals surface area contributed by atoms with Crippen LogP contribution in [-0.4, -0.2) is 10.9 Å². The largest absolute Gasteiger partial charge is 0.454 e. The number of hydrogen-bond acceptors (Lipinski definition) is 3. The number of carbonyl (C=O) groups excluding carboxylic acids is 1. The van der Waals surface area contributed by atoms with E-state index in [1.165, 1.54) is 0 Å². The average molecular weight is 459 g/mol. The van der Waals surface area contributed by atoms with Gasteiger partial charge in [-0.15, -0.1) is 0 Å². The molecule has 5 aromatic rings. The van der Waals surface area contributed by atoms with Crippen molar-refractivity contribution in [2.24, 2.45) is 0 Å². The van der Waals surface area contributed by atoms with Crippen LogP contribution < -0.4 is 5.32 Å². The summed E-state index contributed by atoms with van der Waals surface area (Å²) in [6, 6.07) is 27.4. The van der Waals surface area contributed by atoms with Crippen LogP contribution in [0.1, 0.15) is 10.4 Å². The molecule has 0 radical (unpaired) electrons. The Labute approximate surface area is 194 Å². The van der Waals surface area contributed by atoms with E-state index in [1.807, 2.05) is 60.7 Å². The highest BCUT2D eigenvalue weighted by Crippen LogP contribution is 2.33. The normalized spacial score (nSPS) is 10.9. The first-order valence-electron chi connectivity index (χ1n) is 9.90. The molecule has 6 heteroatoms. The molecule has 0 spiro atoms. The molecule has 32 heavy (non-hydrogen) atoms. The summed E-state index contributed by atoms with van der Waals surface area (Å²) in [7, 11) is 0. The lowest BCUT2D eigenvalue weighted by molar-refractivity contribution is 0.102. The molecule has 0 aliphatic heterocycles. The van der Waals surface area contributed by atoms with E-state index in [-0.39, 0.29) is 5.91 Å². The first-order valence-corrected chi connectivity index (χ1v) is 10.7. The molecule has 0 fully saturated rings. The molecule has 0 unspecified atom stereocenters. The van der Waals surface area contributed by atoms with Crippen LogP contribution in [0, 0.1) is 0 Å². The second-order valence-corrected chi connectivity index (χ2v) is 8.02. The Morgan fingerprint density at radius 2 is 1.53 bits per heavy atom. The van der Waals surface area contributed by atoms with Gasteiger partial charge in [-0.3, -0.25) is 4.79 Å². The van der Waals surface area contributed by atoms with E-state index in [1.54, 1.807) is 30.3 Å². The monoisotopic (exact) mass is 458 g/mol. The second kappa shape index (κ2) is 8.50. The number of rotatable bonds is 4. The maximum atomic E-state index is 13.1. The Kier molecular flexibility index (Phi) is 5.39. The minimum atomic E-state index is -0.245. The summed E-state index contributed by atoms with van der Waals surface area (Å²) in [5, 5.41) is 4.88. The molecule has 3 aromatic carbocycles. The molecule has 2 heterocycles. The first-order chi connectivity index (χ1) is 15.6. The first kappa shape index (κ1) is 20.3. The number of fused-ring (bicyclic) bond motifs is 1. The van der Waals surface area contributed by atoms with Gasteiger partial charge in [0.2, 0.25) is 0 Å². The fourth-order valence-electron chi connectivity index (χ4n) is 3.50. The number of aromatic nitrogens is 1. The van der Waals surface area contributed by atoms with E-state index in [0.717, 1.165) is 10.9 Å². The average Bonchev–Trinajstić information content (AvgIpc) is 3.30. The number of pyridine rings is 1. The predicted octanol–water partition coefficient (Wildman–Crippen LogP) is 7.72. The Balaban J connectivity index is 1.56. The van der Waals surface area contributed by atoms with Crippen molar-refractivity contribution >= 4 is 45.7 Å². The summed E-state index contributed by atoms with van der Waals surface area (Å²) in [6.45, 7) is 0. The van der Waals surface area contributed by atoms with E-state index < -0.39 is 0 Å². The molecule has 1 amide bonds. The standard InChI is InChI=1S/C26H16Cl2N2O2/c27-16-9-11-17(12-10-16)29-26(31)20-15-23(30-22-8-4-2-5-18(20)22)25-14-13-24(32-25)19-6-1-3-7-21(19)28/h1-15H,(H,29,31). The molecular formula is C26H16Cl2N2O2. The summed E-state index contributed by atoms with van der Waals surface area (Å²) in [5.41, 5.74) is 3.20. The number of furan rings is 1. The van der Waals surface area contributed by atoms with Gasteiger partial charge in [0.1, 0.15) is 11.5 Å². The molecular weight excluding hydrogens is 443 g/mol. The summed E-state index contributed by atoms with van der Waals surface area (Å²) in [6.07, 6.45) is 0. The van der Waals surface area contributed by atoms with E-state index in [9.17, 15) is 4.79 Å². The second-order valence-electron chi connectivity index (χ2n) is 7.18. The van der Waals surface area contributed by atoms with Crippen molar-refractivity contribution in [1.82, 2.24) is 4.98 Å². The SMILES string of the molecule is O=C(Nc1ccc(Cl)cc1)c1cc(-c2ccc(-c3ccccc3Cl)o2)nc2ccccc12. The van der Waals surface area contributed by atoms with Gasteiger partial charge in [-0.2, -0.15) is 0 Å². The van der Waals surface area contributed by atoms with Crippen LogP contribution in [0.4, 0.5) is 5.69 Å². The zero-order valence-electron chi connectivity index (χ0n) is 16.7. The molecule has 0 aliphatic carbocycles. The van der Waals surface area contributed by atoms with Crippen molar-refractivity contribution in [3.63, 3.8) is 0 Å². The Bertz CT molecular complexity index is 1440. The van der Waals surface area contributed by atoms with Gasteiger partial charge >= 0.3 is 0 Å². The van der Waals surface area contributed by atoms with Crippen molar-refractivity contribution in [2.45, 2.75) is 0 Å². The number of nitrogens with one attached hydrogen (secondary N) is 1. The highest BCUT2D eigenvalue weighted by molar-refractivity contribution is 6.33. The van der Waals surface area contributed by atoms with Crippen LogP contribution >= 0.6 is 23.2 Å². The van der Waals surface area contributed by atoms with Crippen molar-refractivity contribution in [1.29, 1.82) is 0 Å². The number of benzene rings is 3. The lowest BCUT2D eigenvalue weighted by Gasteiger charge is -2.10. The number of para-hydroxylation sites is 1. The summed E-state index contributed by atoms with van der Waals surface area (Å²) >= 11 is 12.3. The van der Waals surface area contributed by atoms with Crippen molar-refractivity contribution in [3.05, 3.63) is 107 Å². The summed E-state index contributed by atoms with van der Waals surface area (Å²) in [4.78, 5) is 17.9. The molecule has 0 atom stereocenters. The number of halogens is 2. The van der Waals surface area contributed by atoms with Crippen molar-refractivity contribution in [3.8, 4) is 22.8 Å². The number of carbonyl (C=O) groups is 1. The fraction of sp³-hybridized carbons (Fsp3) is 0. The number of hydrogen-bond donors (Lipinski definition) is 1. The van der Waals surface area contributed by atoms with Crippen LogP contribution in [0.15, 0.2) is 95.4 Å². The molecule has 0 aliphatic rings. The van der Waals surface area contributed by atoms with Gasteiger partial charge in [0.05, 0.1) is 16.1 Å². The van der Waals surface area contributed by atoms with E-state index in [2.05, 4.69) is 5.32 Å². The van der Waals surface area contributed by atoms with Crippen molar-refractivity contribution in [2.75, 3.05) is 5.32 Å². The third kappa shape index (κ3) is 3.98. The van der Waals surface area contributed by atoms with Crippen LogP contribution in [0.2, 0.25) is 10.0 Å². The fourth-order valence-corrected chi connectivity index (χ4v) is 3.86. The Morgan fingerprint density at radius 3 is 2.34 bits per heavy atom. The number of amides is 1. The summed E-state index contributed by atoms with van der Waals surface area (Å²) < 4.78 is 6.06. The maximum absolute atomic E-state index is 13.1. The molecule has 156 valence electrons. The minimum Gasteiger partial charge on any atom is -0.454 e. The van der Waals surface area contributed by atoms with Crippen molar-refractivity contribution < 1.29 is 9.21 Å². The highest BCUT2D eigenvalue weighted by atomic mass is 35.5. The predicted molar refractivity (Wildman–Crippen MR) is 129 cm³/mol. The van der Waals surface area contributed by atoms with E-state index in [0.29, 0.717) is 44.0 Å². The summed E-state index contributed by atoms with van der Waals surface area (Å²) in [5.74, 6) is 0.934. The zero-order chi connectivity index (χ0) is 22.1. The van der Waals surface area contributed by atoms with Crippen LogP contribution in [-0.2, 0) is 0 Å². The zero-order valence-corrected chi connectivity index (χ0v) is 18.2. The molecule has 2 aromatic heterocycles. The van der Waals surface area contributed by atoms with E-state index in [4.69, 9.17) is 32.6 Å². The maximum Gasteiger partial charge on any atom is 0.256 e. The lowest BCUT2D eigenvalue weighted by Crippen LogP contribution is -2.13. The van der Waals surface area contributed by atoms with Crippen LogP contribution in [0.5, 0.6) is 0 Å². The van der Waals surface area contributed by atoms with Gasteiger partial charge in [-0.05, 0) is 60.7 Å². The number of nitrogens with zero attached hydrogens (tertiary/aromatic N) is 1. The van der Waals surface area contributed by atoms with Crippen LogP contribution in [0.3, 0.4) is 0 Å². The molecule has 0 saturated carbocycles. The third-order valence-corrected chi connectivity index (χ3v) is 5.64. The number of anilines is 1. The quantitative estimate of drug-likeness (QED) is 0.299. The molecule has 0 bridgehead atoms. The Morgan fingerprint density at radius 1 is 0.812 bits per heavy atom. The van der Waals surface area contributed by atoms with Gasteiger partial charge in [-0.25, -0.2) is 4.98 Å².